The molecule has 1 aliphatic heterocycles. The minimum atomic E-state index is -0.441. The average molecular weight is 326 g/mol. The summed E-state index contributed by atoms with van der Waals surface area (Å²) in [5.41, 5.74) is 0.430. The molecule has 1 saturated heterocycles. The number of hydrogen-bond acceptors (Lipinski definition) is 5. The Labute approximate surface area is 138 Å². The standard InChI is InChI=1S/C17H15FN4O2/c18-13-4-1-3-12(9-13)17(23)22-8-2-5-14(11-22)24-16-15(10-19)20-6-7-21-16/h1,3-4,6-7,9,14H,2,5,8,11H2. The number of aromatic nitrogens is 2. The number of halogens is 1. The molecule has 3 rings (SSSR count). The molecule has 1 aromatic heterocycles. The maximum absolute atomic E-state index is 13.3. The van der Waals surface area contributed by atoms with Gasteiger partial charge in [0.05, 0.1) is 6.54 Å². The average Bonchev–Trinajstić information content (AvgIpc) is 2.62. The number of piperidine rings is 1. The van der Waals surface area contributed by atoms with E-state index in [0.717, 1.165) is 12.8 Å². The predicted octanol–water partition coefficient (Wildman–Crippen LogP) is 2.17. The number of carbonyl (C=O) groups excluding carboxylic acids is 1. The summed E-state index contributed by atoms with van der Waals surface area (Å²) in [6.45, 7) is 0.942. The molecular formula is C17H15FN4O2. The van der Waals surface area contributed by atoms with Gasteiger partial charge in [-0.25, -0.2) is 14.4 Å². The lowest BCUT2D eigenvalue weighted by Gasteiger charge is -2.32. The Morgan fingerprint density at radius 1 is 1.38 bits per heavy atom. The monoisotopic (exact) mass is 326 g/mol. The Bertz CT molecular complexity index is 790. The number of rotatable bonds is 3. The van der Waals surface area contributed by atoms with Crippen molar-refractivity contribution in [1.29, 1.82) is 5.26 Å². The first kappa shape index (κ1) is 15.9. The van der Waals surface area contributed by atoms with Gasteiger partial charge in [0, 0.05) is 24.5 Å². The molecule has 0 bridgehead atoms. The van der Waals surface area contributed by atoms with Crippen LogP contribution in [0.4, 0.5) is 4.39 Å². The predicted molar refractivity (Wildman–Crippen MR) is 82.7 cm³/mol. The van der Waals surface area contributed by atoms with Crippen molar-refractivity contribution in [2.24, 2.45) is 0 Å². The maximum Gasteiger partial charge on any atom is 0.254 e. The maximum atomic E-state index is 13.3. The lowest BCUT2D eigenvalue weighted by atomic mass is 10.1. The van der Waals surface area contributed by atoms with E-state index in [2.05, 4.69) is 9.97 Å². The first-order valence-corrected chi connectivity index (χ1v) is 7.60. The van der Waals surface area contributed by atoms with E-state index in [0.29, 0.717) is 18.7 Å². The van der Waals surface area contributed by atoms with Crippen molar-refractivity contribution in [2.45, 2.75) is 18.9 Å². The smallest absolute Gasteiger partial charge is 0.254 e. The molecule has 1 atom stereocenters. The fourth-order valence-corrected chi connectivity index (χ4v) is 2.67. The van der Waals surface area contributed by atoms with E-state index in [1.54, 1.807) is 11.0 Å². The fourth-order valence-electron chi connectivity index (χ4n) is 2.67. The second-order valence-electron chi connectivity index (χ2n) is 5.47. The molecule has 1 fully saturated rings. The molecule has 1 aromatic carbocycles. The third kappa shape index (κ3) is 3.49. The van der Waals surface area contributed by atoms with Crippen LogP contribution in [0.25, 0.3) is 0 Å². The second kappa shape index (κ2) is 7.04. The summed E-state index contributed by atoms with van der Waals surface area (Å²) in [4.78, 5) is 22.1. The van der Waals surface area contributed by atoms with E-state index in [1.807, 2.05) is 6.07 Å². The van der Waals surface area contributed by atoms with Crippen LogP contribution in [-0.2, 0) is 0 Å². The van der Waals surface area contributed by atoms with Gasteiger partial charge in [-0.2, -0.15) is 5.26 Å². The molecule has 6 nitrogen and oxygen atoms in total. The van der Waals surface area contributed by atoms with Gasteiger partial charge in [0.15, 0.2) is 0 Å². The topological polar surface area (TPSA) is 79.1 Å². The van der Waals surface area contributed by atoms with Crippen LogP contribution in [0.15, 0.2) is 36.7 Å². The summed E-state index contributed by atoms with van der Waals surface area (Å²) in [6, 6.07) is 7.56. The molecule has 0 N–H and O–H groups in total. The van der Waals surface area contributed by atoms with E-state index >= 15 is 0 Å². The summed E-state index contributed by atoms with van der Waals surface area (Å²) in [5.74, 6) is -0.503. The molecule has 2 aromatic rings. The zero-order valence-electron chi connectivity index (χ0n) is 12.9. The van der Waals surface area contributed by atoms with Crippen molar-refractivity contribution in [1.82, 2.24) is 14.9 Å². The van der Waals surface area contributed by atoms with Crippen LogP contribution < -0.4 is 4.74 Å². The van der Waals surface area contributed by atoms with Gasteiger partial charge in [0.1, 0.15) is 18.0 Å². The third-order valence-electron chi connectivity index (χ3n) is 3.79. The Kier molecular flexibility index (Phi) is 4.66. The highest BCUT2D eigenvalue weighted by Gasteiger charge is 2.26. The summed E-state index contributed by atoms with van der Waals surface area (Å²) < 4.78 is 19.1. The normalized spacial score (nSPS) is 17.2. The third-order valence-corrected chi connectivity index (χ3v) is 3.79. The zero-order chi connectivity index (χ0) is 16.9. The van der Waals surface area contributed by atoms with Crippen LogP contribution in [0.2, 0.25) is 0 Å². The van der Waals surface area contributed by atoms with Crippen molar-refractivity contribution in [3.63, 3.8) is 0 Å². The number of likely N-dealkylation sites (tertiary alicyclic amines) is 1. The summed E-state index contributed by atoms with van der Waals surface area (Å²) in [6.07, 6.45) is 4.10. The lowest BCUT2D eigenvalue weighted by molar-refractivity contribution is 0.0525. The molecule has 24 heavy (non-hydrogen) atoms. The van der Waals surface area contributed by atoms with Gasteiger partial charge < -0.3 is 9.64 Å². The van der Waals surface area contributed by atoms with Gasteiger partial charge in [0.25, 0.3) is 11.8 Å². The van der Waals surface area contributed by atoms with Crippen molar-refractivity contribution in [3.05, 3.63) is 53.7 Å². The number of ether oxygens (including phenoxy) is 1. The lowest BCUT2D eigenvalue weighted by Crippen LogP contribution is -2.44. The van der Waals surface area contributed by atoms with E-state index in [4.69, 9.17) is 10.00 Å². The van der Waals surface area contributed by atoms with Gasteiger partial charge in [0.2, 0.25) is 5.69 Å². The van der Waals surface area contributed by atoms with Crippen molar-refractivity contribution < 1.29 is 13.9 Å². The van der Waals surface area contributed by atoms with Gasteiger partial charge >= 0.3 is 0 Å². The highest BCUT2D eigenvalue weighted by atomic mass is 19.1. The van der Waals surface area contributed by atoms with Gasteiger partial charge in [-0.3, -0.25) is 4.79 Å². The van der Waals surface area contributed by atoms with Crippen LogP contribution in [0, 0.1) is 17.1 Å². The number of hydrogen-bond donors (Lipinski definition) is 0. The number of carbonyl (C=O) groups is 1. The molecule has 1 aliphatic rings. The molecule has 2 heterocycles. The van der Waals surface area contributed by atoms with Crippen molar-refractivity contribution >= 4 is 5.91 Å². The van der Waals surface area contributed by atoms with Crippen LogP contribution in [0.5, 0.6) is 5.88 Å². The number of benzene rings is 1. The van der Waals surface area contributed by atoms with Gasteiger partial charge in [-0.15, -0.1) is 0 Å². The zero-order valence-corrected chi connectivity index (χ0v) is 12.9. The molecule has 122 valence electrons. The van der Waals surface area contributed by atoms with Crippen LogP contribution in [-0.4, -0.2) is 40.0 Å². The Balaban J connectivity index is 1.70. The number of amides is 1. The van der Waals surface area contributed by atoms with Gasteiger partial charge in [-0.1, -0.05) is 6.07 Å². The molecule has 0 spiro atoms. The quantitative estimate of drug-likeness (QED) is 0.863. The number of nitriles is 1. The largest absolute Gasteiger partial charge is 0.470 e. The number of nitrogens with zero attached hydrogens (tertiary/aromatic N) is 4. The van der Waals surface area contributed by atoms with Crippen LogP contribution >= 0.6 is 0 Å². The van der Waals surface area contributed by atoms with E-state index in [1.165, 1.54) is 30.6 Å². The first-order valence-electron chi connectivity index (χ1n) is 7.60. The minimum absolute atomic E-state index is 0.117. The molecule has 1 unspecified atom stereocenters. The molecule has 7 heteroatoms. The van der Waals surface area contributed by atoms with E-state index in [-0.39, 0.29) is 23.6 Å². The van der Waals surface area contributed by atoms with E-state index < -0.39 is 5.82 Å². The SMILES string of the molecule is N#Cc1nccnc1OC1CCCN(C(=O)c2cccc(F)c2)C1. The summed E-state index contributed by atoms with van der Waals surface area (Å²) in [5, 5.41) is 9.03. The van der Waals surface area contributed by atoms with Crippen LogP contribution in [0.1, 0.15) is 28.9 Å². The molecular weight excluding hydrogens is 311 g/mol. The van der Waals surface area contributed by atoms with Gasteiger partial charge in [-0.05, 0) is 31.0 Å². The van der Waals surface area contributed by atoms with Crippen LogP contribution in [0.3, 0.4) is 0 Å². The molecule has 0 radical (unpaired) electrons. The summed E-state index contributed by atoms with van der Waals surface area (Å²) >= 11 is 0. The fraction of sp³-hybridized carbons (Fsp3) is 0.294. The van der Waals surface area contributed by atoms with Crippen molar-refractivity contribution in [2.75, 3.05) is 13.1 Å². The Morgan fingerprint density at radius 2 is 2.21 bits per heavy atom. The second-order valence-corrected chi connectivity index (χ2v) is 5.47. The van der Waals surface area contributed by atoms with E-state index in [9.17, 15) is 9.18 Å². The Hall–Kier alpha value is -3.01. The first-order chi connectivity index (χ1) is 11.7. The highest BCUT2D eigenvalue weighted by Crippen LogP contribution is 2.20. The Morgan fingerprint density at radius 3 is 3.00 bits per heavy atom. The molecule has 0 saturated carbocycles. The minimum Gasteiger partial charge on any atom is -0.470 e. The summed E-state index contributed by atoms with van der Waals surface area (Å²) in [7, 11) is 0. The molecule has 0 aliphatic carbocycles. The van der Waals surface area contributed by atoms with Crippen molar-refractivity contribution in [3.8, 4) is 11.9 Å². The molecule has 1 amide bonds. The highest BCUT2D eigenvalue weighted by molar-refractivity contribution is 5.94.